The second kappa shape index (κ2) is 8.44. The number of pyridine rings is 1. The number of H-pyrrole nitrogens is 1. The lowest BCUT2D eigenvalue weighted by atomic mass is 9.64. The summed E-state index contributed by atoms with van der Waals surface area (Å²) >= 11 is 0. The van der Waals surface area contributed by atoms with Crippen molar-refractivity contribution < 1.29 is 9.90 Å². The zero-order valence-corrected chi connectivity index (χ0v) is 18.5. The smallest absolute Gasteiger partial charge is 0.260 e. The molecule has 0 bridgehead atoms. The molecule has 1 saturated carbocycles. The van der Waals surface area contributed by atoms with Crippen LogP contribution in [0.25, 0.3) is 0 Å². The Hall–Kier alpha value is -1.70. The first kappa shape index (κ1) is 21.5. The van der Waals surface area contributed by atoms with Crippen LogP contribution in [-0.4, -0.2) is 89.2 Å². The van der Waals surface area contributed by atoms with Crippen LogP contribution in [0.1, 0.15) is 54.6 Å². The van der Waals surface area contributed by atoms with Gasteiger partial charge in [0, 0.05) is 51.5 Å². The van der Waals surface area contributed by atoms with Gasteiger partial charge in [0.05, 0.1) is 5.60 Å². The summed E-state index contributed by atoms with van der Waals surface area (Å²) in [5.41, 5.74) is 0.378. The Morgan fingerprint density at radius 2 is 1.63 bits per heavy atom. The second-order valence-corrected chi connectivity index (χ2v) is 9.98. The summed E-state index contributed by atoms with van der Waals surface area (Å²) < 4.78 is 0. The number of nitrogens with one attached hydrogen (secondary N) is 1. The van der Waals surface area contributed by atoms with Gasteiger partial charge in [0.25, 0.3) is 11.5 Å². The molecule has 30 heavy (non-hydrogen) atoms. The van der Waals surface area contributed by atoms with Crippen molar-refractivity contribution in [3.8, 4) is 0 Å². The fourth-order valence-corrected chi connectivity index (χ4v) is 5.42. The molecule has 1 spiro atoms. The number of likely N-dealkylation sites (N-methyl/N-ethyl adjacent to an activating group) is 1. The summed E-state index contributed by atoms with van der Waals surface area (Å²) in [5.74, 6) is -0.159. The third-order valence-corrected chi connectivity index (χ3v) is 7.75. The number of rotatable bonds is 3. The highest BCUT2D eigenvalue weighted by molar-refractivity contribution is 5.93. The van der Waals surface area contributed by atoms with Crippen molar-refractivity contribution in [1.29, 1.82) is 0 Å². The van der Waals surface area contributed by atoms with Gasteiger partial charge in [-0.15, -0.1) is 0 Å². The Bertz CT molecular complexity index is 810. The number of piperazine rings is 1. The van der Waals surface area contributed by atoms with Gasteiger partial charge in [-0.25, -0.2) is 0 Å². The number of piperidine rings is 1. The maximum Gasteiger partial charge on any atom is 0.260 e. The lowest BCUT2D eigenvalue weighted by molar-refractivity contribution is -0.0718. The van der Waals surface area contributed by atoms with E-state index in [1.165, 1.54) is 0 Å². The molecule has 4 rings (SSSR count). The summed E-state index contributed by atoms with van der Waals surface area (Å²) in [4.78, 5) is 34.3. The Balaban J connectivity index is 1.30. The highest BCUT2D eigenvalue weighted by Crippen LogP contribution is 2.47. The van der Waals surface area contributed by atoms with Gasteiger partial charge in [-0.3, -0.25) is 14.5 Å². The predicted octanol–water partition coefficient (Wildman–Crippen LogP) is 1.46. The van der Waals surface area contributed by atoms with Crippen LogP contribution in [-0.2, 0) is 0 Å². The third kappa shape index (κ3) is 4.63. The largest absolute Gasteiger partial charge is 0.389 e. The number of aromatic nitrogens is 1. The normalized spacial score (nSPS) is 24.8. The zero-order chi connectivity index (χ0) is 21.4. The van der Waals surface area contributed by atoms with E-state index in [1.54, 1.807) is 12.1 Å². The van der Waals surface area contributed by atoms with Crippen molar-refractivity contribution in [3.63, 3.8) is 0 Å². The van der Waals surface area contributed by atoms with Crippen LogP contribution in [0.15, 0.2) is 16.9 Å². The molecule has 1 aromatic heterocycles. The summed E-state index contributed by atoms with van der Waals surface area (Å²) in [6, 6.07) is 3.42. The number of amides is 1. The molecule has 3 fully saturated rings. The van der Waals surface area contributed by atoms with E-state index in [0.717, 1.165) is 76.9 Å². The van der Waals surface area contributed by atoms with Crippen LogP contribution in [0.4, 0.5) is 0 Å². The molecular weight excluding hydrogens is 380 g/mol. The van der Waals surface area contributed by atoms with Crippen molar-refractivity contribution in [2.45, 2.75) is 51.0 Å². The lowest BCUT2D eigenvalue weighted by Gasteiger charge is -2.49. The number of carbonyl (C=O) groups excluding carboxylic acids is 1. The number of aromatic amines is 1. The number of hydrogen-bond donors (Lipinski definition) is 2. The number of aliphatic hydroxyl groups is 1. The van der Waals surface area contributed by atoms with E-state index >= 15 is 0 Å². The van der Waals surface area contributed by atoms with Crippen molar-refractivity contribution in [1.82, 2.24) is 19.7 Å². The minimum atomic E-state index is -0.566. The van der Waals surface area contributed by atoms with Crippen molar-refractivity contribution >= 4 is 5.91 Å². The van der Waals surface area contributed by atoms with Gasteiger partial charge in [0.1, 0.15) is 5.56 Å². The number of nitrogens with zero attached hydrogens (tertiary/aromatic N) is 3. The number of likely N-dealkylation sites (tertiary alicyclic amines) is 1. The molecule has 2 saturated heterocycles. The minimum absolute atomic E-state index is 0.159. The maximum atomic E-state index is 12.8. The highest BCUT2D eigenvalue weighted by atomic mass is 16.3. The van der Waals surface area contributed by atoms with Crippen LogP contribution >= 0.6 is 0 Å². The fraction of sp³-hybridized carbons (Fsp3) is 0.739. The Morgan fingerprint density at radius 1 is 1.00 bits per heavy atom. The number of hydrogen-bond acceptors (Lipinski definition) is 5. The molecule has 3 heterocycles. The Labute approximate surface area is 179 Å². The molecule has 3 aliphatic rings. The summed E-state index contributed by atoms with van der Waals surface area (Å²) in [7, 11) is 2.16. The van der Waals surface area contributed by atoms with Crippen LogP contribution < -0.4 is 5.56 Å². The van der Waals surface area contributed by atoms with Crippen LogP contribution in [0.3, 0.4) is 0 Å². The first-order valence-electron chi connectivity index (χ1n) is 11.4. The van der Waals surface area contributed by atoms with Crippen molar-refractivity contribution in [2.75, 3.05) is 52.9 Å². The van der Waals surface area contributed by atoms with Gasteiger partial charge in [-0.1, -0.05) is 0 Å². The molecule has 0 aromatic carbocycles. The zero-order valence-electron chi connectivity index (χ0n) is 18.5. The van der Waals surface area contributed by atoms with Crippen molar-refractivity contribution in [2.24, 2.45) is 5.41 Å². The standard InChI is InChI=1S/C23H36N4O3/c1-18-3-4-19(20(28)24-18)21(29)27-11-9-22(10-12-27)5-7-23(30,8-6-22)17-26-15-13-25(2)14-16-26/h3-4,30H,5-17H2,1-2H3,(H,24,28). The van der Waals surface area contributed by atoms with Gasteiger partial charge < -0.3 is 19.9 Å². The molecule has 0 radical (unpaired) electrons. The monoisotopic (exact) mass is 416 g/mol. The molecule has 1 aromatic rings. The molecule has 7 nitrogen and oxygen atoms in total. The molecule has 0 atom stereocenters. The number of β-amino-alcohol motifs (C(OH)–C–C–N with tert-alkyl or cyclic N) is 1. The highest BCUT2D eigenvalue weighted by Gasteiger charge is 2.44. The Kier molecular flexibility index (Phi) is 6.06. The average molecular weight is 417 g/mol. The topological polar surface area (TPSA) is 79.9 Å². The molecule has 166 valence electrons. The summed E-state index contributed by atoms with van der Waals surface area (Å²) in [6.45, 7) is 8.23. The maximum absolute atomic E-state index is 12.8. The predicted molar refractivity (Wildman–Crippen MR) is 117 cm³/mol. The lowest BCUT2D eigenvalue weighted by Crippen LogP contribution is -2.54. The number of aryl methyl sites for hydroxylation is 1. The van der Waals surface area contributed by atoms with Gasteiger partial charge in [-0.05, 0) is 70.0 Å². The molecule has 1 aliphatic carbocycles. The van der Waals surface area contributed by atoms with Gasteiger partial charge in [0.2, 0.25) is 0 Å². The SMILES string of the molecule is Cc1ccc(C(=O)N2CCC3(CC2)CCC(O)(CN2CCN(C)CC2)CC3)c(=O)[nH]1. The minimum Gasteiger partial charge on any atom is -0.389 e. The summed E-state index contributed by atoms with van der Waals surface area (Å²) in [5, 5.41) is 11.2. The first-order chi connectivity index (χ1) is 14.3. The van der Waals surface area contributed by atoms with Crippen LogP contribution in [0.2, 0.25) is 0 Å². The van der Waals surface area contributed by atoms with Crippen LogP contribution in [0.5, 0.6) is 0 Å². The first-order valence-corrected chi connectivity index (χ1v) is 11.4. The van der Waals surface area contributed by atoms with Crippen molar-refractivity contribution in [3.05, 3.63) is 33.7 Å². The summed E-state index contributed by atoms with van der Waals surface area (Å²) in [6.07, 6.45) is 5.70. The van der Waals surface area contributed by atoms with E-state index in [0.29, 0.717) is 13.1 Å². The third-order valence-electron chi connectivity index (χ3n) is 7.75. The van der Waals surface area contributed by atoms with E-state index in [4.69, 9.17) is 0 Å². The van der Waals surface area contributed by atoms with E-state index < -0.39 is 5.60 Å². The molecule has 2 N–H and O–H groups in total. The Morgan fingerprint density at radius 3 is 2.23 bits per heavy atom. The van der Waals surface area contributed by atoms with E-state index in [1.807, 2.05) is 11.8 Å². The van der Waals surface area contributed by atoms with Crippen LogP contribution in [0, 0.1) is 12.3 Å². The van der Waals surface area contributed by atoms with E-state index in [9.17, 15) is 14.7 Å². The van der Waals surface area contributed by atoms with Gasteiger partial charge >= 0.3 is 0 Å². The molecular formula is C23H36N4O3. The van der Waals surface area contributed by atoms with Gasteiger partial charge in [-0.2, -0.15) is 0 Å². The fourth-order valence-electron chi connectivity index (χ4n) is 5.42. The molecule has 2 aliphatic heterocycles. The van der Waals surface area contributed by atoms with E-state index in [2.05, 4.69) is 21.8 Å². The molecule has 7 heteroatoms. The average Bonchev–Trinajstić information content (AvgIpc) is 2.73. The second-order valence-electron chi connectivity index (χ2n) is 9.98. The van der Waals surface area contributed by atoms with Gasteiger partial charge in [0.15, 0.2) is 0 Å². The molecule has 0 unspecified atom stereocenters. The number of carbonyl (C=O) groups is 1. The quantitative estimate of drug-likeness (QED) is 0.780. The molecule has 1 amide bonds. The van der Waals surface area contributed by atoms with E-state index in [-0.39, 0.29) is 22.4 Å².